The number of benzene rings is 2. The van der Waals surface area contributed by atoms with Crippen LogP contribution in [0.3, 0.4) is 0 Å². The maximum Gasteiger partial charge on any atom is 0.338 e. The quantitative estimate of drug-likeness (QED) is 0.299. The molecule has 1 N–H and O–H groups in total. The number of halogens is 1. The van der Waals surface area contributed by atoms with Crippen molar-refractivity contribution in [3.8, 4) is 0 Å². The van der Waals surface area contributed by atoms with Crippen molar-refractivity contribution in [1.29, 1.82) is 0 Å². The molecule has 2 aromatic rings. The van der Waals surface area contributed by atoms with Crippen molar-refractivity contribution < 1.29 is 23.9 Å². The Morgan fingerprint density at radius 3 is 2.41 bits per heavy atom. The maximum absolute atomic E-state index is 13.2. The number of carbonyl (C=O) groups excluding carboxylic acids is 4. The maximum atomic E-state index is 13.2. The average Bonchev–Trinajstić information content (AvgIpc) is 3.12. The third-order valence-corrected chi connectivity index (χ3v) is 6.92. The minimum atomic E-state index is -0.697. The number of carbonyl (C=O) groups is 4. The molecule has 0 unspecified atom stereocenters. The summed E-state index contributed by atoms with van der Waals surface area (Å²) in [6.07, 6.45) is 3.62. The van der Waals surface area contributed by atoms with E-state index in [1.807, 2.05) is 11.8 Å². The van der Waals surface area contributed by atoms with Gasteiger partial charge >= 0.3 is 5.97 Å². The number of hydrogen-bond acceptors (Lipinski definition) is 6. The topological polar surface area (TPSA) is 96.0 Å². The van der Waals surface area contributed by atoms with Crippen LogP contribution in [0.15, 0.2) is 59.3 Å². The van der Waals surface area contributed by atoms with Gasteiger partial charge in [0.05, 0.1) is 17.9 Å². The highest BCUT2D eigenvalue weighted by Crippen LogP contribution is 2.31. The third kappa shape index (κ3) is 5.85. The predicted molar refractivity (Wildman–Crippen MR) is 141 cm³/mol. The van der Waals surface area contributed by atoms with Crippen LogP contribution >= 0.6 is 11.6 Å². The monoisotopic (exact) mass is 523 g/mol. The summed E-state index contributed by atoms with van der Waals surface area (Å²) in [7, 11) is 0. The van der Waals surface area contributed by atoms with E-state index in [1.165, 1.54) is 6.07 Å². The van der Waals surface area contributed by atoms with Gasteiger partial charge in [-0.2, -0.15) is 0 Å². The molecule has 2 aromatic carbocycles. The molecule has 4 rings (SSSR count). The number of unbranched alkanes of at least 4 members (excludes halogenated alkanes) is 1. The summed E-state index contributed by atoms with van der Waals surface area (Å²) in [6, 6.07) is 12.8. The smallest absolute Gasteiger partial charge is 0.338 e. The molecule has 0 radical (unpaired) electrons. The van der Waals surface area contributed by atoms with Gasteiger partial charge < -0.3 is 15.0 Å². The fourth-order valence-electron chi connectivity index (χ4n) is 4.25. The summed E-state index contributed by atoms with van der Waals surface area (Å²) < 4.78 is 5.23. The van der Waals surface area contributed by atoms with E-state index in [2.05, 4.69) is 12.2 Å². The zero-order valence-electron chi connectivity index (χ0n) is 21.0. The number of piperidine rings is 1. The number of nitrogens with one attached hydrogen (secondary N) is 1. The Kier molecular flexibility index (Phi) is 8.28. The van der Waals surface area contributed by atoms with Gasteiger partial charge in [0.25, 0.3) is 17.7 Å². The van der Waals surface area contributed by atoms with Crippen molar-refractivity contribution in [2.45, 2.75) is 39.5 Å². The normalized spacial score (nSPS) is 16.4. The van der Waals surface area contributed by atoms with E-state index in [1.54, 1.807) is 42.5 Å². The summed E-state index contributed by atoms with van der Waals surface area (Å²) >= 11 is 6.25. The minimum Gasteiger partial charge on any atom is -0.462 e. The minimum absolute atomic E-state index is 0.0258. The molecule has 1 saturated heterocycles. The summed E-state index contributed by atoms with van der Waals surface area (Å²) in [5.41, 5.74) is 1.43. The highest BCUT2D eigenvalue weighted by atomic mass is 35.5. The lowest BCUT2D eigenvalue weighted by Gasteiger charge is -2.30. The predicted octanol–water partition coefficient (Wildman–Crippen LogP) is 4.95. The lowest BCUT2D eigenvalue weighted by Crippen LogP contribution is -2.37. The highest BCUT2D eigenvalue weighted by molar-refractivity contribution is 6.53. The first-order valence-corrected chi connectivity index (χ1v) is 12.9. The Hall–Kier alpha value is -3.65. The summed E-state index contributed by atoms with van der Waals surface area (Å²) in [6.45, 7) is 5.96. The van der Waals surface area contributed by atoms with Crippen molar-refractivity contribution in [2.75, 3.05) is 29.9 Å². The van der Waals surface area contributed by atoms with Gasteiger partial charge in [-0.3, -0.25) is 14.4 Å². The number of imide groups is 1. The van der Waals surface area contributed by atoms with E-state index in [9.17, 15) is 19.2 Å². The second kappa shape index (κ2) is 11.6. The second-order valence-corrected chi connectivity index (χ2v) is 9.73. The number of rotatable bonds is 8. The fraction of sp³-hybridized carbons (Fsp3) is 0.357. The van der Waals surface area contributed by atoms with Gasteiger partial charge in [-0.05, 0) is 67.6 Å². The average molecular weight is 524 g/mol. The Labute approximate surface area is 221 Å². The van der Waals surface area contributed by atoms with Crippen LogP contribution in [0, 0.1) is 5.92 Å². The van der Waals surface area contributed by atoms with Crippen molar-refractivity contribution in [3.63, 3.8) is 0 Å². The zero-order valence-corrected chi connectivity index (χ0v) is 21.7. The van der Waals surface area contributed by atoms with E-state index in [0.29, 0.717) is 23.8 Å². The molecular formula is C28H30ClN3O5. The molecule has 8 nitrogen and oxygen atoms in total. The summed E-state index contributed by atoms with van der Waals surface area (Å²) in [5.74, 6) is -1.27. The van der Waals surface area contributed by atoms with E-state index in [-0.39, 0.29) is 27.9 Å². The first-order chi connectivity index (χ1) is 17.8. The number of esters is 1. The standard InChI is InChI=1S/C28H30ClN3O5/c1-3-4-16-37-28(36)20-6-5-7-22(17-20)32-26(34)23(29)24(27(32)35)30-21-10-8-19(9-11-21)25(33)31-14-12-18(2)13-15-31/h5-11,17-18,30H,3-4,12-16H2,1-2H3. The van der Waals surface area contributed by atoms with Crippen LogP contribution in [0.2, 0.25) is 0 Å². The van der Waals surface area contributed by atoms with Crippen molar-refractivity contribution in [3.05, 3.63) is 70.4 Å². The Morgan fingerprint density at radius 1 is 1.03 bits per heavy atom. The Balaban J connectivity index is 1.45. The van der Waals surface area contributed by atoms with Crippen molar-refractivity contribution in [2.24, 2.45) is 5.92 Å². The first kappa shape index (κ1) is 26.4. The van der Waals surface area contributed by atoms with Crippen LogP contribution in [-0.4, -0.2) is 48.3 Å². The molecule has 0 aliphatic carbocycles. The van der Waals surface area contributed by atoms with E-state index >= 15 is 0 Å². The molecule has 2 heterocycles. The molecule has 0 spiro atoms. The fourth-order valence-corrected chi connectivity index (χ4v) is 4.46. The second-order valence-electron chi connectivity index (χ2n) is 9.35. The van der Waals surface area contributed by atoms with Gasteiger partial charge in [-0.1, -0.05) is 37.9 Å². The van der Waals surface area contributed by atoms with Gasteiger partial charge in [0.2, 0.25) is 0 Å². The molecule has 1 fully saturated rings. The van der Waals surface area contributed by atoms with Gasteiger partial charge in [0.15, 0.2) is 0 Å². The van der Waals surface area contributed by atoms with Crippen LogP contribution in [-0.2, 0) is 14.3 Å². The molecule has 0 aromatic heterocycles. The lowest BCUT2D eigenvalue weighted by atomic mass is 9.98. The van der Waals surface area contributed by atoms with Crippen LogP contribution in [0.1, 0.15) is 60.2 Å². The molecule has 2 aliphatic rings. The number of anilines is 2. The van der Waals surface area contributed by atoms with Crippen molar-refractivity contribution in [1.82, 2.24) is 4.90 Å². The van der Waals surface area contributed by atoms with Crippen LogP contribution in [0.25, 0.3) is 0 Å². The van der Waals surface area contributed by atoms with E-state index in [0.717, 1.165) is 43.7 Å². The molecule has 2 aliphatic heterocycles. The highest BCUT2D eigenvalue weighted by Gasteiger charge is 2.39. The number of amides is 3. The largest absolute Gasteiger partial charge is 0.462 e. The van der Waals surface area contributed by atoms with Gasteiger partial charge in [-0.15, -0.1) is 0 Å². The summed E-state index contributed by atoms with van der Waals surface area (Å²) in [5, 5.41) is 2.65. The van der Waals surface area contributed by atoms with E-state index in [4.69, 9.17) is 16.3 Å². The third-order valence-electron chi connectivity index (χ3n) is 6.57. The SMILES string of the molecule is CCCCOC(=O)c1cccc(N2C(=O)C(Cl)=C(Nc3ccc(C(=O)N4CCC(C)CC4)cc3)C2=O)c1. The molecular weight excluding hydrogens is 494 g/mol. The molecule has 37 heavy (non-hydrogen) atoms. The number of ether oxygens (including phenoxy) is 1. The van der Waals surface area contributed by atoms with Crippen LogP contribution in [0.5, 0.6) is 0 Å². The van der Waals surface area contributed by atoms with Gasteiger partial charge in [0, 0.05) is 24.3 Å². The molecule has 9 heteroatoms. The Morgan fingerprint density at radius 2 is 1.73 bits per heavy atom. The molecule has 0 saturated carbocycles. The lowest BCUT2D eigenvalue weighted by molar-refractivity contribution is -0.120. The molecule has 3 amide bonds. The van der Waals surface area contributed by atoms with E-state index < -0.39 is 17.8 Å². The molecule has 194 valence electrons. The number of hydrogen-bond donors (Lipinski definition) is 1. The number of nitrogens with zero attached hydrogens (tertiary/aromatic N) is 2. The molecule has 0 bridgehead atoms. The summed E-state index contributed by atoms with van der Waals surface area (Å²) in [4.78, 5) is 53.9. The van der Waals surface area contributed by atoms with Gasteiger partial charge in [-0.25, -0.2) is 9.69 Å². The number of likely N-dealkylation sites (tertiary alicyclic amines) is 1. The Bertz CT molecular complexity index is 1230. The van der Waals surface area contributed by atoms with Crippen LogP contribution in [0.4, 0.5) is 11.4 Å². The molecule has 0 atom stereocenters. The van der Waals surface area contributed by atoms with Gasteiger partial charge in [0.1, 0.15) is 10.7 Å². The van der Waals surface area contributed by atoms with Crippen LogP contribution < -0.4 is 10.2 Å². The first-order valence-electron chi connectivity index (χ1n) is 12.5. The zero-order chi connectivity index (χ0) is 26.5. The van der Waals surface area contributed by atoms with Crippen molar-refractivity contribution >= 4 is 46.7 Å².